The van der Waals surface area contributed by atoms with Crippen LogP contribution in [0.4, 0.5) is 8.78 Å². The Labute approximate surface area is 186 Å². The fraction of sp³-hybridized carbons (Fsp3) is 0. The van der Waals surface area contributed by atoms with Gasteiger partial charge in [0.2, 0.25) is 0 Å². The molecular weight excluding hydrogens is 398 g/mol. The SMILES string of the molecule is Fc1ccc(C#Cc2ccc(/C=C/c3ccc(C#Cc4ccc(F)cc4)cc3)cc2)cc1. The molecule has 0 amide bonds. The topological polar surface area (TPSA) is 0 Å². The molecule has 0 saturated heterocycles. The number of hydrogen-bond donors (Lipinski definition) is 0. The molecule has 0 aliphatic rings. The van der Waals surface area contributed by atoms with E-state index < -0.39 is 0 Å². The molecule has 32 heavy (non-hydrogen) atoms. The summed E-state index contributed by atoms with van der Waals surface area (Å²) in [6.45, 7) is 0. The lowest BCUT2D eigenvalue weighted by molar-refractivity contribution is 0.627. The number of benzene rings is 4. The lowest BCUT2D eigenvalue weighted by Crippen LogP contribution is -1.79. The molecule has 4 rings (SSSR count). The zero-order chi connectivity index (χ0) is 22.2. The van der Waals surface area contributed by atoms with Crippen molar-refractivity contribution in [3.05, 3.63) is 142 Å². The van der Waals surface area contributed by atoms with E-state index in [2.05, 4.69) is 23.7 Å². The first-order chi connectivity index (χ1) is 15.6. The molecular formula is C30H18F2. The molecule has 152 valence electrons. The molecule has 0 atom stereocenters. The van der Waals surface area contributed by atoms with E-state index in [0.717, 1.165) is 33.4 Å². The van der Waals surface area contributed by atoms with Crippen LogP contribution < -0.4 is 0 Å². The molecule has 0 aromatic heterocycles. The molecule has 0 nitrogen and oxygen atoms in total. The summed E-state index contributed by atoms with van der Waals surface area (Å²) in [6.07, 6.45) is 4.08. The third kappa shape index (κ3) is 6.05. The van der Waals surface area contributed by atoms with E-state index in [1.165, 1.54) is 24.3 Å². The smallest absolute Gasteiger partial charge is 0.123 e. The first-order valence-corrected chi connectivity index (χ1v) is 10.1. The molecule has 0 saturated carbocycles. The van der Waals surface area contributed by atoms with Gasteiger partial charge in [0.1, 0.15) is 11.6 Å². The van der Waals surface area contributed by atoms with Crippen molar-refractivity contribution in [2.75, 3.05) is 0 Å². The van der Waals surface area contributed by atoms with Crippen molar-refractivity contribution in [1.29, 1.82) is 0 Å². The molecule has 2 heteroatoms. The summed E-state index contributed by atoms with van der Waals surface area (Å²) in [7, 11) is 0. The summed E-state index contributed by atoms with van der Waals surface area (Å²) in [5.74, 6) is 11.7. The lowest BCUT2D eigenvalue weighted by Gasteiger charge is -1.97. The van der Waals surface area contributed by atoms with Gasteiger partial charge in [0.05, 0.1) is 0 Å². The second-order valence-corrected chi connectivity index (χ2v) is 7.09. The van der Waals surface area contributed by atoms with Crippen molar-refractivity contribution in [2.24, 2.45) is 0 Å². The van der Waals surface area contributed by atoms with Crippen LogP contribution in [0.3, 0.4) is 0 Å². The van der Waals surface area contributed by atoms with Crippen LogP contribution in [0.2, 0.25) is 0 Å². The van der Waals surface area contributed by atoms with Gasteiger partial charge >= 0.3 is 0 Å². The van der Waals surface area contributed by atoms with Crippen LogP contribution in [0.5, 0.6) is 0 Å². The standard InChI is InChI=1S/C30H18F2/c31-29-19-15-27(16-20-29)13-11-25-7-3-23(4-8-25)1-2-24-5-9-26(10-6-24)12-14-28-17-21-30(32)22-18-28/h1-10,15-22H/b2-1+. The number of rotatable bonds is 2. The van der Waals surface area contributed by atoms with Gasteiger partial charge in [-0.05, 0) is 83.9 Å². The van der Waals surface area contributed by atoms with Crippen LogP contribution in [0.1, 0.15) is 33.4 Å². The summed E-state index contributed by atoms with van der Waals surface area (Å²) in [4.78, 5) is 0. The van der Waals surface area contributed by atoms with Crippen LogP contribution in [-0.4, -0.2) is 0 Å². The minimum absolute atomic E-state index is 0.265. The highest BCUT2D eigenvalue weighted by atomic mass is 19.1. The van der Waals surface area contributed by atoms with Crippen LogP contribution in [-0.2, 0) is 0 Å². The predicted octanol–water partition coefficient (Wildman–Crippen LogP) is 6.93. The maximum atomic E-state index is 12.9. The Morgan fingerprint density at radius 1 is 0.375 bits per heavy atom. The average molecular weight is 416 g/mol. The lowest BCUT2D eigenvalue weighted by atomic mass is 10.1. The van der Waals surface area contributed by atoms with Gasteiger partial charge in [-0.2, -0.15) is 0 Å². The number of halogens is 2. The molecule has 0 aliphatic carbocycles. The van der Waals surface area contributed by atoms with Crippen molar-refractivity contribution in [2.45, 2.75) is 0 Å². The van der Waals surface area contributed by atoms with Crippen molar-refractivity contribution >= 4 is 12.2 Å². The Kier molecular flexibility index (Phi) is 6.57. The summed E-state index contributed by atoms with van der Waals surface area (Å²) in [5.41, 5.74) is 5.49. The summed E-state index contributed by atoms with van der Waals surface area (Å²) in [6, 6.07) is 28.2. The zero-order valence-corrected chi connectivity index (χ0v) is 17.1. The Morgan fingerprint density at radius 2 is 0.625 bits per heavy atom. The summed E-state index contributed by atoms with van der Waals surface area (Å²) < 4.78 is 25.9. The zero-order valence-electron chi connectivity index (χ0n) is 17.1. The van der Waals surface area contributed by atoms with Gasteiger partial charge < -0.3 is 0 Å². The quantitative estimate of drug-likeness (QED) is 0.245. The Morgan fingerprint density at radius 3 is 0.906 bits per heavy atom. The van der Waals surface area contributed by atoms with Crippen LogP contribution >= 0.6 is 0 Å². The van der Waals surface area contributed by atoms with Crippen molar-refractivity contribution < 1.29 is 8.78 Å². The maximum absolute atomic E-state index is 12.9. The molecule has 0 N–H and O–H groups in total. The Hall–Kier alpha value is -4.40. The van der Waals surface area contributed by atoms with Crippen molar-refractivity contribution in [3.63, 3.8) is 0 Å². The minimum Gasteiger partial charge on any atom is -0.207 e. The highest BCUT2D eigenvalue weighted by Crippen LogP contribution is 2.11. The molecule has 0 unspecified atom stereocenters. The van der Waals surface area contributed by atoms with E-state index in [1.54, 1.807) is 24.3 Å². The number of hydrogen-bond acceptors (Lipinski definition) is 0. The molecule has 4 aromatic carbocycles. The molecule has 4 aromatic rings. The minimum atomic E-state index is -0.265. The van der Waals surface area contributed by atoms with Gasteiger partial charge in [-0.1, -0.05) is 60.1 Å². The molecule has 0 aliphatic heterocycles. The van der Waals surface area contributed by atoms with E-state index in [9.17, 15) is 8.78 Å². The first-order valence-electron chi connectivity index (χ1n) is 10.1. The van der Waals surface area contributed by atoms with E-state index in [1.807, 2.05) is 60.7 Å². The molecule has 0 bridgehead atoms. The van der Waals surface area contributed by atoms with Crippen molar-refractivity contribution in [1.82, 2.24) is 0 Å². The fourth-order valence-corrected chi connectivity index (χ4v) is 2.90. The monoisotopic (exact) mass is 416 g/mol. The largest absolute Gasteiger partial charge is 0.207 e. The van der Waals surface area contributed by atoms with Crippen LogP contribution in [0, 0.1) is 35.3 Å². The van der Waals surface area contributed by atoms with Gasteiger partial charge in [-0.15, -0.1) is 0 Å². The third-order valence-corrected chi connectivity index (χ3v) is 4.68. The normalized spacial score (nSPS) is 10.2. The van der Waals surface area contributed by atoms with Gasteiger partial charge in [0, 0.05) is 22.3 Å². The average Bonchev–Trinajstić information content (AvgIpc) is 2.83. The van der Waals surface area contributed by atoms with Gasteiger partial charge in [0.15, 0.2) is 0 Å². The second-order valence-electron chi connectivity index (χ2n) is 7.09. The molecule has 0 spiro atoms. The highest BCUT2D eigenvalue weighted by molar-refractivity contribution is 5.70. The summed E-state index contributed by atoms with van der Waals surface area (Å²) in [5, 5.41) is 0. The van der Waals surface area contributed by atoms with E-state index in [-0.39, 0.29) is 11.6 Å². The molecule has 0 heterocycles. The van der Waals surface area contributed by atoms with E-state index in [4.69, 9.17) is 0 Å². The van der Waals surface area contributed by atoms with Gasteiger partial charge in [0.25, 0.3) is 0 Å². The predicted molar refractivity (Wildman–Crippen MR) is 127 cm³/mol. The first kappa shape index (κ1) is 20.9. The van der Waals surface area contributed by atoms with E-state index in [0.29, 0.717) is 0 Å². The van der Waals surface area contributed by atoms with Gasteiger partial charge in [-0.25, -0.2) is 8.78 Å². The fourth-order valence-electron chi connectivity index (χ4n) is 2.90. The Bertz CT molecular complexity index is 1230. The van der Waals surface area contributed by atoms with Crippen LogP contribution in [0.25, 0.3) is 12.2 Å². The van der Waals surface area contributed by atoms with Crippen molar-refractivity contribution in [3.8, 4) is 23.7 Å². The van der Waals surface area contributed by atoms with E-state index >= 15 is 0 Å². The van der Waals surface area contributed by atoms with Gasteiger partial charge in [-0.3, -0.25) is 0 Å². The summed E-state index contributed by atoms with van der Waals surface area (Å²) >= 11 is 0. The second kappa shape index (κ2) is 10.1. The third-order valence-electron chi connectivity index (χ3n) is 4.68. The maximum Gasteiger partial charge on any atom is 0.123 e. The van der Waals surface area contributed by atoms with Crippen LogP contribution in [0.15, 0.2) is 97.1 Å². The highest BCUT2D eigenvalue weighted by Gasteiger charge is 1.93. The molecule has 0 fully saturated rings. The molecule has 0 radical (unpaired) electrons. The Balaban J connectivity index is 1.38.